The molecule has 0 fully saturated rings. The van der Waals surface area contributed by atoms with Crippen LogP contribution in [0.25, 0.3) is 11.4 Å². The van der Waals surface area contributed by atoms with Gasteiger partial charge in [0.05, 0.1) is 18.1 Å². The van der Waals surface area contributed by atoms with E-state index >= 15 is 0 Å². The molecule has 0 aliphatic heterocycles. The molecule has 7 nitrogen and oxygen atoms in total. The molecule has 24 heavy (non-hydrogen) atoms. The molecule has 0 atom stereocenters. The lowest BCUT2D eigenvalue weighted by Crippen LogP contribution is -2.12. The maximum absolute atomic E-state index is 12.2. The standard InChI is InChI=1S/C17H17N5O2/c1-10(2)14-7-15(22-21-14)17(24)20-12-8-18-16(19-9-12)11-4-3-5-13(23)6-11/h3-10,23H,1-2H3,(H,20,24)(H,21,22). The van der Waals surface area contributed by atoms with Gasteiger partial charge in [-0.2, -0.15) is 5.10 Å². The molecule has 0 aliphatic rings. The van der Waals surface area contributed by atoms with Crippen molar-refractivity contribution in [3.8, 4) is 17.1 Å². The minimum Gasteiger partial charge on any atom is -0.508 e. The lowest BCUT2D eigenvalue weighted by molar-refractivity contribution is 0.102. The van der Waals surface area contributed by atoms with Crippen LogP contribution >= 0.6 is 0 Å². The van der Waals surface area contributed by atoms with Gasteiger partial charge in [0, 0.05) is 11.3 Å². The van der Waals surface area contributed by atoms with E-state index in [4.69, 9.17) is 0 Å². The number of aromatic nitrogens is 4. The molecule has 2 aromatic heterocycles. The van der Waals surface area contributed by atoms with Crippen LogP contribution in [-0.4, -0.2) is 31.2 Å². The highest BCUT2D eigenvalue weighted by Crippen LogP contribution is 2.20. The predicted molar refractivity (Wildman–Crippen MR) is 89.8 cm³/mol. The highest BCUT2D eigenvalue weighted by atomic mass is 16.3. The summed E-state index contributed by atoms with van der Waals surface area (Å²) in [5.74, 6) is 0.551. The summed E-state index contributed by atoms with van der Waals surface area (Å²) in [4.78, 5) is 20.6. The van der Waals surface area contributed by atoms with Crippen molar-refractivity contribution in [2.75, 3.05) is 5.32 Å². The van der Waals surface area contributed by atoms with Gasteiger partial charge < -0.3 is 10.4 Å². The number of aromatic hydroxyl groups is 1. The summed E-state index contributed by atoms with van der Waals surface area (Å²) < 4.78 is 0. The van der Waals surface area contributed by atoms with Gasteiger partial charge in [-0.25, -0.2) is 9.97 Å². The Morgan fingerprint density at radius 3 is 2.58 bits per heavy atom. The minimum absolute atomic E-state index is 0.146. The van der Waals surface area contributed by atoms with E-state index in [1.165, 1.54) is 12.4 Å². The molecule has 0 unspecified atom stereocenters. The van der Waals surface area contributed by atoms with Gasteiger partial charge in [-0.15, -0.1) is 0 Å². The molecule has 3 rings (SSSR count). The first-order valence-corrected chi connectivity index (χ1v) is 7.51. The largest absolute Gasteiger partial charge is 0.508 e. The van der Waals surface area contributed by atoms with Gasteiger partial charge in [0.2, 0.25) is 0 Å². The number of hydrogen-bond donors (Lipinski definition) is 3. The summed E-state index contributed by atoms with van der Waals surface area (Å²) in [6.07, 6.45) is 3.03. The second kappa shape index (κ2) is 6.49. The van der Waals surface area contributed by atoms with Crippen molar-refractivity contribution >= 4 is 11.6 Å². The van der Waals surface area contributed by atoms with Crippen LogP contribution in [-0.2, 0) is 0 Å². The molecule has 2 heterocycles. The third-order valence-corrected chi connectivity index (χ3v) is 3.47. The van der Waals surface area contributed by atoms with E-state index in [1.807, 2.05) is 13.8 Å². The van der Waals surface area contributed by atoms with Crippen molar-refractivity contribution in [2.45, 2.75) is 19.8 Å². The lowest BCUT2D eigenvalue weighted by Gasteiger charge is -2.04. The van der Waals surface area contributed by atoms with E-state index in [-0.39, 0.29) is 17.6 Å². The third-order valence-electron chi connectivity index (χ3n) is 3.47. The van der Waals surface area contributed by atoms with Gasteiger partial charge in [-0.1, -0.05) is 26.0 Å². The molecule has 122 valence electrons. The van der Waals surface area contributed by atoms with Crippen LogP contribution in [0.5, 0.6) is 5.75 Å². The van der Waals surface area contributed by atoms with E-state index < -0.39 is 0 Å². The topological polar surface area (TPSA) is 104 Å². The number of carbonyl (C=O) groups excluding carboxylic acids is 1. The number of aromatic amines is 1. The molecule has 3 aromatic rings. The fraction of sp³-hybridized carbons (Fsp3) is 0.176. The highest BCUT2D eigenvalue weighted by molar-refractivity contribution is 6.02. The van der Waals surface area contributed by atoms with E-state index in [0.717, 1.165) is 5.69 Å². The lowest BCUT2D eigenvalue weighted by atomic mass is 10.1. The van der Waals surface area contributed by atoms with E-state index in [9.17, 15) is 9.90 Å². The number of anilines is 1. The molecule has 0 radical (unpaired) electrons. The Labute approximate surface area is 138 Å². The van der Waals surface area contributed by atoms with Crippen LogP contribution in [0.3, 0.4) is 0 Å². The molecule has 1 amide bonds. The Bertz CT molecular complexity index is 855. The van der Waals surface area contributed by atoms with E-state index in [2.05, 4.69) is 25.5 Å². The average Bonchev–Trinajstić information content (AvgIpc) is 3.06. The Balaban J connectivity index is 1.72. The second-order valence-corrected chi connectivity index (χ2v) is 5.66. The normalized spacial score (nSPS) is 10.8. The summed E-state index contributed by atoms with van der Waals surface area (Å²) >= 11 is 0. The molecule has 0 bridgehead atoms. The molecular weight excluding hydrogens is 306 g/mol. The fourth-order valence-electron chi connectivity index (χ4n) is 2.13. The molecule has 7 heteroatoms. The summed E-state index contributed by atoms with van der Waals surface area (Å²) in [6.45, 7) is 4.03. The van der Waals surface area contributed by atoms with Crippen molar-refractivity contribution in [1.82, 2.24) is 20.2 Å². The highest BCUT2D eigenvalue weighted by Gasteiger charge is 2.13. The van der Waals surface area contributed by atoms with E-state index in [0.29, 0.717) is 22.8 Å². The molecule has 0 aliphatic carbocycles. The van der Waals surface area contributed by atoms with Gasteiger partial charge in [0.15, 0.2) is 11.5 Å². The van der Waals surface area contributed by atoms with Crippen molar-refractivity contribution < 1.29 is 9.90 Å². The molecule has 1 aromatic carbocycles. The number of benzene rings is 1. The molecular formula is C17H17N5O2. The second-order valence-electron chi connectivity index (χ2n) is 5.66. The Kier molecular flexibility index (Phi) is 4.24. The van der Waals surface area contributed by atoms with Crippen molar-refractivity contribution in [3.63, 3.8) is 0 Å². The monoisotopic (exact) mass is 323 g/mol. The number of phenolic OH excluding ortho intramolecular Hbond substituents is 1. The molecule has 3 N–H and O–H groups in total. The van der Waals surface area contributed by atoms with Gasteiger partial charge in [0.25, 0.3) is 5.91 Å². The van der Waals surface area contributed by atoms with Crippen LogP contribution in [0, 0.1) is 0 Å². The number of rotatable bonds is 4. The smallest absolute Gasteiger partial charge is 0.276 e. The number of nitrogens with zero attached hydrogens (tertiary/aromatic N) is 3. The Hall–Kier alpha value is -3.22. The quantitative estimate of drug-likeness (QED) is 0.685. The third kappa shape index (κ3) is 3.40. The number of phenols is 1. The number of carbonyl (C=O) groups is 1. The number of hydrogen-bond acceptors (Lipinski definition) is 5. The molecule has 0 saturated carbocycles. The maximum atomic E-state index is 12.2. The predicted octanol–water partition coefficient (Wildman–Crippen LogP) is 2.95. The zero-order valence-electron chi connectivity index (χ0n) is 13.3. The fourth-order valence-corrected chi connectivity index (χ4v) is 2.13. The maximum Gasteiger partial charge on any atom is 0.276 e. The van der Waals surface area contributed by atoms with Crippen molar-refractivity contribution in [1.29, 1.82) is 0 Å². The van der Waals surface area contributed by atoms with Gasteiger partial charge in [0.1, 0.15) is 5.75 Å². The van der Waals surface area contributed by atoms with Crippen LogP contribution < -0.4 is 5.32 Å². The molecule has 0 saturated heterocycles. The van der Waals surface area contributed by atoms with Crippen molar-refractivity contribution in [3.05, 3.63) is 54.1 Å². The Morgan fingerprint density at radius 2 is 1.96 bits per heavy atom. The first kappa shape index (κ1) is 15.7. The average molecular weight is 323 g/mol. The first-order chi connectivity index (χ1) is 11.5. The summed E-state index contributed by atoms with van der Waals surface area (Å²) in [5.41, 5.74) is 2.38. The Morgan fingerprint density at radius 1 is 1.21 bits per heavy atom. The zero-order valence-corrected chi connectivity index (χ0v) is 13.3. The first-order valence-electron chi connectivity index (χ1n) is 7.51. The minimum atomic E-state index is -0.327. The van der Waals surface area contributed by atoms with Gasteiger partial charge in [-0.3, -0.25) is 9.89 Å². The number of H-pyrrole nitrogens is 1. The van der Waals surface area contributed by atoms with Crippen LogP contribution in [0.15, 0.2) is 42.7 Å². The summed E-state index contributed by atoms with van der Waals surface area (Å²) in [7, 11) is 0. The molecule has 0 spiro atoms. The van der Waals surface area contributed by atoms with Gasteiger partial charge in [-0.05, 0) is 24.1 Å². The summed E-state index contributed by atoms with van der Waals surface area (Å²) in [6, 6.07) is 8.39. The zero-order chi connectivity index (χ0) is 17.1. The van der Waals surface area contributed by atoms with E-state index in [1.54, 1.807) is 30.3 Å². The summed E-state index contributed by atoms with van der Waals surface area (Å²) in [5, 5.41) is 19.0. The SMILES string of the molecule is CC(C)c1cc(C(=O)Nc2cnc(-c3cccc(O)c3)nc2)n[nH]1. The van der Waals surface area contributed by atoms with Crippen LogP contribution in [0.2, 0.25) is 0 Å². The van der Waals surface area contributed by atoms with Gasteiger partial charge >= 0.3 is 0 Å². The number of nitrogens with one attached hydrogen (secondary N) is 2. The van der Waals surface area contributed by atoms with Crippen LogP contribution in [0.4, 0.5) is 5.69 Å². The van der Waals surface area contributed by atoms with Crippen LogP contribution in [0.1, 0.15) is 35.9 Å². The van der Waals surface area contributed by atoms with Crippen molar-refractivity contribution in [2.24, 2.45) is 0 Å². The number of amides is 1.